The summed E-state index contributed by atoms with van der Waals surface area (Å²) in [6, 6.07) is 7.28. The minimum Gasteiger partial charge on any atom is -0.330 e. The Balaban J connectivity index is 2.12. The second kappa shape index (κ2) is 7.09. The molecule has 0 fully saturated rings. The van der Waals surface area contributed by atoms with Crippen LogP contribution in [0.4, 0.5) is 0 Å². The molecule has 0 spiro atoms. The third-order valence-corrected chi connectivity index (χ3v) is 4.57. The van der Waals surface area contributed by atoms with E-state index < -0.39 is 0 Å². The predicted molar refractivity (Wildman–Crippen MR) is 83.6 cm³/mol. The maximum Gasteiger partial charge on any atom is -0.00773 e. The molecule has 0 aromatic heterocycles. The molecule has 0 saturated heterocycles. The summed E-state index contributed by atoms with van der Waals surface area (Å²) in [5.74, 6) is 1.43. The first kappa shape index (κ1) is 14.6. The van der Waals surface area contributed by atoms with Crippen LogP contribution < -0.4 is 5.73 Å². The Labute approximate surface area is 118 Å². The SMILES string of the molecule is CC(C)C(CCCCN)c1ccc2c(c1)CCCC2. The molecule has 0 aliphatic heterocycles. The van der Waals surface area contributed by atoms with Gasteiger partial charge >= 0.3 is 0 Å². The molecule has 19 heavy (non-hydrogen) atoms. The molecule has 0 heterocycles. The molecule has 106 valence electrons. The van der Waals surface area contributed by atoms with Gasteiger partial charge in [0.2, 0.25) is 0 Å². The Kier molecular flexibility index (Phi) is 5.45. The van der Waals surface area contributed by atoms with Crippen LogP contribution in [0.15, 0.2) is 18.2 Å². The first-order chi connectivity index (χ1) is 9.22. The van der Waals surface area contributed by atoms with Gasteiger partial charge in [-0.1, -0.05) is 38.5 Å². The van der Waals surface area contributed by atoms with Crippen LogP contribution in [0.1, 0.15) is 68.6 Å². The largest absolute Gasteiger partial charge is 0.330 e. The van der Waals surface area contributed by atoms with Crippen LogP contribution in [-0.4, -0.2) is 6.54 Å². The van der Waals surface area contributed by atoms with Crippen LogP contribution in [0.3, 0.4) is 0 Å². The van der Waals surface area contributed by atoms with Crippen molar-refractivity contribution in [3.05, 3.63) is 34.9 Å². The van der Waals surface area contributed by atoms with E-state index in [1.54, 1.807) is 16.7 Å². The maximum absolute atomic E-state index is 5.62. The van der Waals surface area contributed by atoms with Crippen molar-refractivity contribution in [1.82, 2.24) is 0 Å². The summed E-state index contributed by atoms with van der Waals surface area (Å²) in [5, 5.41) is 0. The number of fused-ring (bicyclic) bond motifs is 1. The van der Waals surface area contributed by atoms with E-state index in [1.165, 1.54) is 38.5 Å². The van der Waals surface area contributed by atoms with Crippen LogP contribution in [0.2, 0.25) is 0 Å². The van der Waals surface area contributed by atoms with E-state index in [-0.39, 0.29) is 0 Å². The fourth-order valence-corrected chi connectivity index (χ4v) is 3.38. The van der Waals surface area contributed by atoms with Crippen LogP contribution in [0, 0.1) is 5.92 Å². The van der Waals surface area contributed by atoms with Gasteiger partial charge in [-0.2, -0.15) is 0 Å². The Hall–Kier alpha value is -0.820. The van der Waals surface area contributed by atoms with Gasteiger partial charge in [0.15, 0.2) is 0 Å². The van der Waals surface area contributed by atoms with E-state index >= 15 is 0 Å². The summed E-state index contributed by atoms with van der Waals surface area (Å²) >= 11 is 0. The maximum atomic E-state index is 5.62. The molecule has 1 aromatic rings. The fraction of sp³-hybridized carbons (Fsp3) is 0.667. The Morgan fingerprint density at radius 3 is 2.47 bits per heavy atom. The van der Waals surface area contributed by atoms with Gasteiger partial charge in [-0.25, -0.2) is 0 Å². The highest BCUT2D eigenvalue weighted by Crippen LogP contribution is 2.32. The first-order valence-corrected chi connectivity index (χ1v) is 8.04. The highest BCUT2D eigenvalue weighted by Gasteiger charge is 2.17. The normalized spacial score (nSPS) is 16.4. The molecule has 1 nitrogen and oxygen atoms in total. The zero-order chi connectivity index (χ0) is 13.7. The van der Waals surface area contributed by atoms with E-state index in [4.69, 9.17) is 5.73 Å². The molecule has 1 aromatic carbocycles. The minimum absolute atomic E-state index is 0.707. The van der Waals surface area contributed by atoms with Crippen molar-refractivity contribution in [2.45, 2.75) is 64.7 Å². The summed E-state index contributed by atoms with van der Waals surface area (Å²) in [7, 11) is 0. The quantitative estimate of drug-likeness (QED) is 0.751. The van der Waals surface area contributed by atoms with Gasteiger partial charge in [-0.15, -0.1) is 0 Å². The van der Waals surface area contributed by atoms with Crippen molar-refractivity contribution in [3.63, 3.8) is 0 Å². The van der Waals surface area contributed by atoms with E-state index in [0.717, 1.165) is 18.9 Å². The lowest BCUT2D eigenvalue weighted by molar-refractivity contribution is 0.449. The van der Waals surface area contributed by atoms with Crippen LogP contribution in [0.25, 0.3) is 0 Å². The average Bonchev–Trinajstić information content (AvgIpc) is 2.43. The second-order valence-electron chi connectivity index (χ2n) is 6.37. The molecule has 0 bridgehead atoms. The lowest BCUT2D eigenvalue weighted by Crippen LogP contribution is -2.10. The van der Waals surface area contributed by atoms with Crippen LogP contribution >= 0.6 is 0 Å². The molecule has 1 aliphatic rings. The van der Waals surface area contributed by atoms with Crippen LogP contribution in [0.5, 0.6) is 0 Å². The van der Waals surface area contributed by atoms with Gasteiger partial charge in [0.05, 0.1) is 0 Å². The summed E-state index contributed by atoms with van der Waals surface area (Å²) in [5.41, 5.74) is 10.4. The Morgan fingerprint density at radius 2 is 1.79 bits per heavy atom. The van der Waals surface area contributed by atoms with Gasteiger partial charge in [0.1, 0.15) is 0 Å². The zero-order valence-corrected chi connectivity index (χ0v) is 12.6. The molecule has 0 radical (unpaired) electrons. The fourth-order valence-electron chi connectivity index (χ4n) is 3.38. The van der Waals surface area contributed by atoms with Crippen molar-refractivity contribution in [2.24, 2.45) is 11.7 Å². The molecule has 1 unspecified atom stereocenters. The number of aryl methyl sites for hydroxylation is 2. The van der Waals surface area contributed by atoms with Crippen molar-refractivity contribution in [1.29, 1.82) is 0 Å². The van der Waals surface area contributed by atoms with Crippen LogP contribution in [-0.2, 0) is 12.8 Å². The summed E-state index contributed by atoms with van der Waals surface area (Å²) in [6.45, 7) is 5.54. The topological polar surface area (TPSA) is 26.0 Å². The monoisotopic (exact) mass is 259 g/mol. The number of nitrogens with two attached hydrogens (primary N) is 1. The summed E-state index contributed by atoms with van der Waals surface area (Å²) in [6.07, 6.45) is 9.02. The zero-order valence-electron chi connectivity index (χ0n) is 12.6. The number of benzene rings is 1. The van der Waals surface area contributed by atoms with E-state index in [2.05, 4.69) is 32.0 Å². The Bertz CT molecular complexity index is 395. The molecular weight excluding hydrogens is 230 g/mol. The molecule has 2 N–H and O–H groups in total. The molecule has 1 heteroatoms. The first-order valence-electron chi connectivity index (χ1n) is 8.04. The molecule has 1 atom stereocenters. The second-order valence-corrected chi connectivity index (χ2v) is 6.37. The summed E-state index contributed by atoms with van der Waals surface area (Å²) < 4.78 is 0. The lowest BCUT2D eigenvalue weighted by Gasteiger charge is -2.24. The standard InChI is InChI=1S/C18H29N/c1-14(2)18(9-5-6-12-19)17-11-10-15-7-3-4-8-16(15)13-17/h10-11,13-14,18H,3-9,12,19H2,1-2H3. The highest BCUT2D eigenvalue weighted by atomic mass is 14.5. The van der Waals surface area contributed by atoms with E-state index in [0.29, 0.717) is 5.92 Å². The van der Waals surface area contributed by atoms with Gasteiger partial charge in [0.25, 0.3) is 0 Å². The summed E-state index contributed by atoms with van der Waals surface area (Å²) in [4.78, 5) is 0. The molecule has 2 rings (SSSR count). The molecular formula is C18H29N. The van der Waals surface area contributed by atoms with Crippen molar-refractivity contribution in [2.75, 3.05) is 6.54 Å². The third-order valence-electron chi connectivity index (χ3n) is 4.57. The number of rotatable bonds is 6. The minimum atomic E-state index is 0.707. The average molecular weight is 259 g/mol. The molecule has 1 aliphatic carbocycles. The van der Waals surface area contributed by atoms with Gasteiger partial charge in [-0.05, 0) is 73.6 Å². The third kappa shape index (κ3) is 3.82. The van der Waals surface area contributed by atoms with E-state index in [1.807, 2.05) is 0 Å². The Morgan fingerprint density at radius 1 is 1.05 bits per heavy atom. The number of unbranched alkanes of at least 4 members (excludes halogenated alkanes) is 1. The van der Waals surface area contributed by atoms with Gasteiger partial charge in [-0.3, -0.25) is 0 Å². The van der Waals surface area contributed by atoms with E-state index in [9.17, 15) is 0 Å². The number of hydrogen-bond acceptors (Lipinski definition) is 1. The molecule has 0 amide bonds. The van der Waals surface area contributed by atoms with Crippen molar-refractivity contribution < 1.29 is 0 Å². The van der Waals surface area contributed by atoms with Crippen molar-refractivity contribution in [3.8, 4) is 0 Å². The highest BCUT2D eigenvalue weighted by molar-refractivity contribution is 5.35. The van der Waals surface area contributed by atoms with Gasteiger partial charge < -0.3 is 5.73 Å². The number of hydrogen-bond donors (Lipinski definition) is 1. The smallest absolute Gasteiger partial charge is 0.00773 e. The lowest BCUT2D eigenvalue weighted by atomic mass is 9.81. The van der Waals surface area contributed by atoms with Gasteiger partial charge in [0, 0.05) is 0 Å². The van der Waals surface area contributed by atoms with Crippen molar-refractivity contribution >= 4 is 0 Å². The predicted octanol–water partition coefficient (Wildman–Crippen LogP) is 4.43. The molecule has 0 saturated carbocycles.